The number of carbonyl (C=O) groups excluding carboxylic acids is 1. The minimum Gasteiger partial charge on any atom is -0.494 e. The van der Waals surface area contributed by atoms with E-state index in [9.17, 15) is 9.90 Å². The van der Waals surface area contributed by atoms with Gasteiger partial charge >= 0.3 is 5.97 Å². The summed E-state index contributed by atoms with van der Waals surface area (Å²) in [6.07, 6.45) is 1.19. The highest BCUT2D eigenvalue weighted by atomic mass is 35.5. The molecular weight excluding hydrogens is 753 g/mol. The first-order chi connectivity index (χ1) is 26.7. The second-order valence-electron chi connectivity index (χ2n) is 14.8. The number of benzene rings is 3. The lowest BCUT2D eigenvalue weighted by atomic mass is 9.98. The van der Waals surface area contributed by atoms with Crippen LogP contribution in [0.5, 0.6) is 5.75 Å². The highest BCUT2D eigenvalue weighted by Crippen LogP contribution is 2.46. The summed E-state index contributed by atoms with van der Waals surface area (Å²) in [7, 11) is 5.26. The van der Waals surface area contributed by atoms with Gasteiger partial charge in [-0.15, -0.1) is 0 Å². The summed E-state index contributed by atoms with van der Waals surface area (Å²) >= 11 is 13.6. The summed E-state index contributed by atoms with van der Waals surface area (Å²) in [5, 5.41) is 17.8. The van der Waals surface area contributed by atoms with Crippen LogP contribution in [0.2, 0.25) is 10.0 Å². The van der Waals surface area contributed by atoms with Crippen LogP contribution in [-0.4, -0.2) is 69.4 Å². The fourth-order valence-corrected chi connectivity index (χ4v) is 8.66. The minimum atomic E-state index is -1.05. The Balaban J connectivity index is 1.38. The number of aromatic nitrogens is 4. The topological polar surface area (TPSA) is 113 Å². The molecule has 3 aromatic heterocycles. The van der Waals surface area contributed by atoms with Crippen molar-refractivity contribution in [2.75, 3.05) is 38.4 Å². The van der Waals surface area contributed by atoms with Crippen LogP contribution in [0.15, 0.2) is 42.5 Å². The van der Waals surface area contributed by atoms with Gasteiger partial charge in [-0.25, -0.2) is 4.79 Å². The monoisotopic (exact) mass is 799 g/mol. The number of ether oxygens (including phenoxy) is 3. The highest BCUT2D eigenvalue weighted by molar-refractivity contribution is 6.35. The lowest BCUT2D eigenvalue weighted by Gasteiger charge is -2.35. The number of nitrogens with zero attached hydrogens (tertiary/aromatic N) is 5. The molecule has 4 heterocycles. The van der Waals surface area contributed by atoms with E-state index in [1.165, 1.54) is 0 Å². The molecule has 294 valence electrons. The second-order valence-corrected chi connectivity index (χ2v) is 15.6. The zero-order valence-electron chi connectivity index (χ0n) is 33.0. The van der Waals surface area contributed by atoms with Gasteiger partial charge in [-0.2, -0.15) is 5.10 Å². The summed E-state index contributed by atoms with van der Waals surface area (Å²) < 4.78 is 23.0. The average molecular weight is 801 g/mol. The first-order valence-corrected chi connectivity index (χ1v) is 19.5. The van der Waals surface area contributed by atoms with E-state index in [-0.39, 0.29) is 24.2 Å². The summed E-state index contributed by atoms with van der Waals surface area (Å²) in [5.41, 5.74) is 10.1. The molecule has 0 unspecified atom stereocenters. The van der Waals surface area contributed by atoms with E-state index < -0.39 is 5.97 Å². The molecule has 1 atom stereocenters. The highest BCUT2D eigenvalue weighted by Gasteiger charge is 2.38. The molecule has 0 spiro atoms. The van der Waals surface area contributed by atoms with E-state index in [0.29, 0.717) is 66.5 Å². The number of anilines is 1. The number of carboxylic acid groups (broad SMARTS) is 1. The van der Waals surface area contributed by atoms with Gasteiger partial charge in [0.25, 0.3) is 5.91 Å². The number of carboxylic acids is 1. The van der Waals surface area contributed by atoms with Gasteiger partial charge in [-0.1, -0.05) is 29.3 Å². The van der Waals surface area contributed by atoms with Crippen molar-refractivity contribution >= 4 is 62.6 Å². The number of methoxy groups -OCH3 is 1. The summed E-state index contributed by atoms with van der Waals surface area (Å²) in [6, 6.07) is 13.1. The Kier molecular flexibility index (Phi) is 11.0. The maximum Gasteiger partial charge on any atom is 0.352 e. The first-order valence-electron chi connectivity index (χ1n) is 18.7. The van der Waals surface area contributed by atoms with Crippen LogP contribution in [0, 0.1) is 27.7 Å². The largest absolute Gasteiger partial charge is 0.494 e. The van der Waals surface area contributed by atoms with E-state index >= 15 is 4.79 Å². The van der Waals surface area contributed by atoms with Gasteiger partial charge in [0.05, 0.1) is 53.9 Å². The molecule has 0 radical (unpaired) electrons. The molecule has 0 bridgehead atoms. The molecule has 11 nitrogen and oxygen atoms in total. The molecule has 0 aliphatic carbocycles. The van der Waals surface area contributed by atoms with Gasteiger partial charge in [0, 0.05) is 66.4 Å². The van der Waals surface area contributed by atoms with Crippen LogP contribution in [0.25, 0.3) is 32.9 Å². The molecular formula is C43H47Cl2N5O6. The zero-order valence-corrected chi connectivity index (χ0v) is 34.6. The number of hydrogen-bond acceptors (Lipinski definition) is 6. The smallest absolute Gasteiger partial charge is 0.352 e. The number of halogens is 2. The Morgan fingerprint density at radius 2 is 1.70 bits per heavy atom. The first kappa shape index (κ1) is 39.4. The third kappa shape index (κ3) is 6.84. The molecule has 0 saturated carbocycles. The molecule has 13 heteroatoms. The van der Waals surface area contributed by atoms with E-state index in [2.05, 4.69) is 11.5 Å². The predicted octanol–water partition coefficient (Wildman–Crippen LogP) is 9.17. The number of aromatic carboxylic acids is 1. The van der Waals surface area contributed by atoms with Crippen molar-refractivity contribution in [2.24, 2.45) is 14.1 Å². The van der Waals surface area contributed by atoms with Crippen molar-refractivity contribution in [1.82, 2.24) is 18.9 Å². The maximum absolute atomic E-state index is 15.3. The number of aryl methyl sites for hydroxylation is 6. The molecule has 1 N–H and O–H groups in total. The van der Waals surface area contributed by atoms with Crippen molar-refractivity contribution in [1.29, 1.82) is 0 Å². The van der Waals surface area contributed by atoms with Crippen LogP contribution in [0.1, 0.15) is 74.0 Å². The fourth-order valence-electron chi connectivity index (χ4n) is 8.31. The Labute approximate surface area is 336 Å². The van der Waals surface area contributed by atoms with Gasteiger partial charge in [0.2, 0.25) is 0 Å². The van der Waals surface area contributed by atoms with Crippen LogP contribution < -0.4 is 9.64 Å². The Morgan fingerprint density at radius 3 is 2.36 bits per heavy atom. The molecule has 1 amide bonds. The van der Waals surface area contributed by atoms with Crippen molar-refractivity contribution in [3.63, 3.8) is 0 Å². The van der Waals surface area contributed by atoms with E-state index in [0.717, 1.165) is 66.4 Å². The maximum atomic E-state index is 15.3. The lowest BCUT2D eigenvalue weighted by Crippen LogP contribution is -2.43. The third-order valence-electron chi connectivity index (χ3n) is 10.9. The molecule has 7 rings (SSSR count). The van der Waals surface area contributed by atoms with Gasteiger partial charge < -0.3 is 33.4 Å². The third-order valence-corrected chi connectivity index (χ3v) is 11.9. The Hall–Kier alpha value is -4.81. The molecule has 0 fully saturated rings. The lowest BCUT2D eigenvalue weighted by molar-refractivity contribution is 0.0617. The molecule has 56 heavy (non-hydrogen) atoms. The second kappa shape index (κ2) is 15.6. The molecule has 1 aliphatic rings. The van der Waals surface area contributed by atoms with Crippen LogP contribution >= 0.6 is 23.2 Å². The van der Waals surface area contributed by atoms with E-state index in [1.54, 1.807) is 29.7 Å². The number of hydrogen-bond donors (Lipinski definition) is 1. The van der Waals surface area contributed by atoms with Crippen molar-refractivity contribution in [3.8, 4) is 16.9 Å². The van der Waals surface area contributed by atoms with Crippen molar-refractivity contribution in [2.45, 2.75) is 60.1 Å². The van der Waals surface area contributed by atoms with Crippen LogP contribution in [0.3, 0.4) is 0 Å². The number of rotatable bonds is 13. The molecule has 0 saturated heterocycles. The number of carbonyl (C=O) groups is 2. The van der Waals surface area contributed by atoms with Gasteiger partial charge in [0.1, 0.15) is 17.1 Å². The molecule has 3 aromatic carbocycles. The fraction of sp³-hybridized carbons (Fsp3) is 0.372. The van der Waals surface area contributed by atoms with Gasteiger partial charge in [-0.3, -0.25) is 9.48 Å². The van der Waals surface area contributed by atoms with E-state index in [4.69, 9.17) is 42.5 Å². The SMILES string of the molecule is COCCOCc1cc(N2C[C@@H](C)n3c(c(CCCOc4cc(C)c(Cl)c(C)c4)c4ccc(Cl)c(-c5c(C)nn(C)c5C)c43)C2=O)c2c(c1)cc(C(=O)O)n2C. The zero-order chi connectivity index (χ0) is 40.2. The standard InChI is InChI=1S/C43H47Cl2N5O6/c1-23-16-30(17-24(2)38(23)45)56-13-9-10-31-32-11-12-33(44)37(36-26(4)46-48(7)27(36)5)40(32)50-25(3)21-49(42(51)41(31)50)34-19-28(22-55-15-14-54-8)18-29-20-35(43(52)53)47(6)39(29)34/h11-12,16-20,25H,9-10,13-15,21-22H2,1-8H3,(H,52,53)/t25-/m1/s1. The number of amides is 1. The molecule has 6 aromatic rings. The van der Waals surface area contributed by atoms with Gasteiger partial charge in [-0.05, 0) is 106 Å². The summed E-state index contributed by atoms with van der Waals surface area (Å²) in [6.45, 7) is 11.9. The number of fused-ring (bicyclic) bond motifs is 4. The van der Waals surface area contributed by atoms with Crippen molar-refractivity contribution < 1.29 is 28.9 Å². The Morgan fingerprint density at radius 1 is 0.964 bits per heavy atom. The van der Waals surface area contributed by atoms with E-state index in [1.807, 2.05) is 75.8 Å². The van der Waals surface area contributed by atoms with Crippen LogP contribution in [0.4, 0.5) is 5.69 Å². The quantitative estimate of drug-likeness (QED) is 0.116. The average Bonchev–Trinajstić information content (AvgIpc) is 3.76. The van der Waals surface area contributed by atoms with Crippen LogP contribution in [-0.2, 0) is 36.6 Å². The summed E-state index contributed by atoms with van der Waals surface area (Å²) in [5.74, 6) is -0.485. The normalized spacial score (nSPS) is 14.4. The summed E-state index contributed by atoms with van der Waals surface area (Å²) in [4.78, 5) is 29.5. The predicted molar refractivity (Wildman–Crippen MR) is 221 cm³/mol. The molecule has 1 aliphatic heterocycles. The minimum absolute atomic E-state index is 0.124. The van der Waals surface area contributed by atoms with Crippen molar-refractivity contribution in [3.05, 3.63) is 97.5 Å². The van der Waals surface area contributed by atoms with Gasteiger partial charge in [0.15, 0.2) is 0 Å². The Bertz CT molecular complexity index is 2510.